The molecule has 1 aliphatic carbocycles. The lowest BCUT2D eigenvalue weighted by Crippen LogP contribution is -2.18. The Morgan fingerprint density at radius 1 is 1.71 bits per heavy atom. The van der Waals surface area contributed by atoms with Gasteiger partial charge >= 0.3 is 0 Å². The van der Waals surface area contributed by atoms with Crippen molar-refractivity contribution in [2.24, 2.45) is 18.7 Å². The molecule has 1 fully saturated rings. The van der Waals surface area contributed by atoms with Crippen LogP contribution in [0.3, 0.4) is 0 Å². The van der Waals surface area contributed by atoms with Gasteiger partial charge in [-0.1, -0.05) is 6.92 Å². The van der Waals surface area contributed by atoms with Gasteiger partial charge in [0.15, 0.2) is 0 Å². The van der Waals surface area contributed by atoms with Gasteiger partial charge < -0.3 is 5.73 Å². The molecular formula is C11H19N3. The van der Waals surface area contributed by atoms with Crippen LogP contribution in [-0.4, -0.2) is 15.8 Å². The first-order valence-electron chi connectivity index (χ1n) is 5.41. The lowest BCUT2D eigenvalue weighted by Gasteiger charge is -2.02. The first kappa shape index (κ1) is 9.71. The van der Waals surface area contributed by atoms with E-state index in [1.807, 2.05) is 11.7 Å². The van der Waals surface area contributed by atoms with Crippen LogP contribution in [0, 0.1) is 5.92 Å². The highest BCUT2D eigenvalue weighted by atomic mass is 15.3. The maximum absolute atomic E-state index is 5.90. The molecule has 78 valence electrons. The number of hydrogen-bond acceptors (Lipinski definition) is 2. The standard InChI is InChI=1S/C11H19N3/c1-4-11-10(6-14(3)13-11)9-5-8(9)7(2)12/h6-9H,4-5,12H2,1-3H3. The van der Waals surface area contributed by atoms with Crippen molar-refractivity contribution >= 4 is 0 Å². The van der Waals surface area contributed by atoms with Gasteiger partial charge in [-0.05, 0) is 37.2 Å². The monoisotopic (exact) mass is 193 g/mol. The summed E-state index contributed by atoms with van der Waals surface area (Å²) in [4.78, 5) is 0. The lowest BCUT2D eigenvalue weighted by atomic mass is 10.1. The van der Waals surface area contributed by atoms with Crippen molar-refractivity contribution in [2.75, 3.05) is 0 Å². The second-order valence-corrected chi connectivity index (χ2v) is 4.42. The summed E-state index contributed by atoms with van der Waals surface area (Å²) in [7, 11) is 1.99. The Kier molecular flexibility index (Phi) is 2.35. The number of hydrogen-bond donors (Lipinski definition) is 1. The quantitative estimate of drug-likeness (QED) is 0.789. The fourth-order valence-electron chi connectivity index (χ4n) is 2.29. The summed E-state index contributed by atoms with van der Waals surface area (Å²) >= 11 is 0. The molecule has 0 aromatic carbocycles. The zero-order valence-electron chi connectivity index (χ0n) is 9.20. The highest BCUT2D eigenvalue weighted by Crippen LogP contribution is 2.49. The molecule has 1 aliphatic rings. The Morgan fingerprint density at radius 2 is 2.43 bits per heavy atom. The number of nitrogens with zero attached hydrogens (tertiary/aromatic N) is 2. The molecule has 1 aromatic rings. The van der Waals surface area contributed by atoms with Crippen LogP contribution in [0.25, 0.3) is 0 Å². The van der Waals surface area contributed by atoms with Gasteiger partial charge in [-0.3, -0.25) is 4.68 Å². The van der Waals surface area contributed by atoms with Crippen LogP contribution in [0.5, 0.6) is 0 Å². The Morgan fingerprint density at radius 3 is 2.93 bits per heavy atom. The normalized spacial score (nSPS) is 27.7. The summed E-state index contributed by atoms with van der Waals surface area (Å²) in [5, 5.41) is 4.46. The number of aromatic nitrogens is 2. The third-order valence-electron chi connectivity index (χ3n) is 3.19. The van der Waals surface area contributed by atoms with Gasteiger partial charge in [-0.2, -0.15) is 5.10 Å². The van der Waals surface area contributed by atoms with Crippen molar-refractivity contribution in [3.63, 3.8) is 0 Å². The van der Waals surface area contributed by atoms with E-state index in [9.17, 15) is 0 Å². The molecule has 0 aliphatic heterocycles. The molecule has 3 atom stereocenters. The molecule has 14 heavy (non-hydrogen) atoms. The van der Waals surface area contributed by atoms with E-state index in [1.165, 1.54) is 17.7 Å². The van der Waals surface area contributed by atoms with E-state index in [4.69, 9.17) is 5.73 Å². The molecule has 1 saturated carbocycles. The van der Waals surface area contributed by atoms with E-state index >= 15 is 0 Å². The minimum atomic E-state index is 0.324. The molecule has 2 rings (SSSR count). The second kappa shape index (κ2) is 3.39. The van der Waals surface area contributed by atoms with Gasteiger partial charge in [0.2, 0.25) is 0 Å². The molecule has 0 bridgehead atoms. The molecule has 2 N–H and O–H groups in total. The van der Waals surface area contributed by atoms with Crippen molar-refractivity contribution in [3.8, 4) is 0 Å². The van der Waals surface area contributed by atoms with Crippen molar-refractivity contribution < 1.29 is 0 Å². The van der Waals surface area contributed by atoms with E-state index in [0.717, 1.165) is 6.42 Å². The molecule has 0 saturated heterocycles. The van der Waals surface area contributed by atoms with E-state index < -0.39 is 0 Å². The van der Waals surface area contributed by atoms with Crippen LogP contribution >= 0.6 is 0 Å². The molecule has 0 spiro atoms. The van der Waals surface area contributed by atoms with Crippen molar-refractivity contribution in [1.29, 1.82) is 0 Å². The fourth-order valence-corrected chi connectivity index (χ4v) is 2.29. The summed E-state index contributed by atoms with van der Waals surface area (Å²) in [6, 6.07) is 0.324. The first-order chi connectivity index (χ1) is 6.63. The molecule has 3 nitrogen and oxygen atoms in total. The van der Waals surface area contributed by atoms with E-state index in [0.29, 0.717) is 17.9 Å². The predicted octanol–water partition coefficient (Wildman–Crippen LogP) is 1.43. The number of aryl methyl sites for hydroxylation is 2. The van der Waals surface area contributed by atoms with Crippen LogP contribution < -0.4 is 5.73 Å². The Bertz CT molecular complexity index is 327. The topological polar surface area (TPSA) is 43.8 Å². The molecule has 0 radical (unpaired) electrons. The van der Waals surface area contributed by atoms with Gasteiger partial charge in [-0.15, -0.1) is 0 Å². The zero-order valence-corrected chi connectivity index (χ0v) is 9.20. The van der Waals surface area contributed by atoms with Gasteiger partial charge in [0, 0.05) is 19.3 Å². The molecule has 0 amide bonds. The third kappa shape index (κ3) is 1.57. The van der Waals surface area contributed by atoms with Crippen LogP contribution in [-0.2, 0) is 13.5 Å². The molecule has 1 heterocycles. The van der Waals surface area contributed by atoms with E-state index in [1.54, 1.807) is 0 Å². The summed E-state index contributed by atoms with van der Waals surface area (Å²) in [6.45, 7) is 4.27. The van der Waals surface area contributed by atoms with Crippen molar-refractivity contribution in [1.82, 2.24) is 9.78 Å². The van der Waals surface area contributed by atoms with Crippen LogP contribution in [0.2, 0.25) is 0 Å². The highest BCUT2D eigenvalue weighted by molar-refractivity contribution is 5.28. The maximum Gasteiger partial charge on any atom is 0.0656 e. The fraction of sp³-hybridized carbons (Fsp3) is 0.727. The smallest absolute Gasteiger partial charge is 0.0656 e. The molecule has 3 heteroatoms. The summed E-state index contributed by atoms with van der Waals surface area (Å²) in [6.07, 6.45) is 4.43. The second-order valence-electron chi connectivity index (χ2n) is 4.42. The average Bonchev–Trinajstić information content (AvgIpc) is 2.84. The summed E-state index contributed by atoms with van der Waals surface area (Å²) in [5.41, 5.74) is 8.58. The Labute approximate surface area is 85.3 Å². The number of rotatable bonds is 3. The largest absolute Gasteiger partial charge is 0.328 e. The Balaban J connectivity index is 2.17. The first-order valence-corrected chi connectivity index (χ1v) is 5.41. The molecule has 1 aromatic heterocycles. The molecular weight excluding hydrogens is 174 g/mol. The van der Waals surface area contributed by atoms with E-state index in [2.05, 4.69) is 25.1 Å². The van der Waals surface area contributed by atoms with Crippen molar-refractivity contribution in [3.05, 3.63) is 17.5 Å². The summed E-state index contributed by atoms with van der Waals surface area (Å²) < 4.78 is 1.92. The maximum atomic E-state index is 5.90. The number of nitrogens with two attached hydrogens (primary N) is 1. The third-order valence-corrected chi connectivity index (χ3v) is 3.19. The predicted molar refractivity (Wildman–Crippen MR) is 57.1 cm³/mol. The van der Waals surface area contributed by atoms with Gasteiger partial charge in [-0.25, -0.2) is 0 Å². The van der Waals surface area contributed by atoms with Crippen molar-refractivity contribution in [2.45, 2.75) is 38.6 Å². The Hall–Kier alpha value is -0.830. The average molecular weight is 193 g/mol. The van der Waals surface area contributed by atoms with Gasteiger partial charge in [0.1, 0.15) is 0 Å². The minimum Gasteiger partial charge on any atom is -0.328 e. The SMILES string of the molecule is CCc1nn(C)cc1C1CC1C(C)N. The highest BCUT2D eigenvalue weighted by Gasteiger charge is 2.42. The minimum absolute atomic E-state index is 0.324. The lowest BCUT2D eigenvalue weighted by molar-refractivity contribution is 0.630. The van der Waals surface area contributed by atoms with Gasteiger partial charge in [0.25, 0.3) is 0 Å². The van der Waals surface area contributed by atoms with Crippen LogP contribution in [0.1, 0.15) is 37.4 Å². The zero-order chi connectivity index (χ0) is 10.3. The summed E-state index contributed by atoms with van der Waals surface area (Å²) in [5.74, 6) is 1.36. The molecule has 3 unspecified atom stereocenters. The van der Waals surface area contributed by atoms with Gasteiger partial charge in [0.05, 0.1) is 5.69 Å². The van der Waals surface area contributed by atoms with Crippen LogP contribution in [0.15, 0.2) is 6.20 Å². The van der Waals surface area contributed by atoms with Crippen LogP contribution in [0.4, 0.5) is 0 Å². The van der Waals surface area contributed by atoms with E-state index in [-0.39, 0.29) is 0 Å².